The summed E-state index contributed by atoms with van der Waals surface area (Å²) in [6, 6.07) is 19.9. The second-order valence-corrected chi connectivity index (χ2v) is 15.8. The molecular weight excluding hydrogens is 493 g/mol. The van der Waals surface area contributed by atoms with E-state index in [1.807, 2.05) is 60.7 Å². The van der Waals surface area contributed by atoms with Crippen LogP contribution in [0.3, 0.4) is 0 Å². The maximum Gasteiger partial charge on any atom is 0.310 e. The number of hydrogen-bond donors (Lipinski definition) is 1. The molecule has 5 nitrogen and oxygen atoms in total. The smallest absolute Gasteiger partial charge is 0.310 e. The Labute approximate surface area is 226 Å². The molecule has 3 aliphatic carbocycles. The highest BCUT2D eigenvalue weighted by Gasteiger charge is 2.67. The number of hydrogen-bond acceptors (Lipinski definition) is 4. The van der Waals surface area contributed by atoms with Crippen molar-refractivity contribution in [2.45, 2.75) is 70.5 Å². The first-order valence-electron chi connectivity index (χ1n) is 14.3. The molecule has 2 aromatic carbocycles. The minimum absolute atomic E-state index is 0.0829. The fraction of sp³-hybridized carbons (Fsp3) is 0.562. The standard InChI is InChI=1S/C32H40NO4P/c1-31-19-17-28(34)33-27(31)15-14-23-24(31)16-18-32(2)25(23)20-26(29(32)30(35)37-3)38(36,21-10-6-4-7-11-21)22-12-8-5-9-13-22/h4-13,23-27,29H,14-20H2,1-3H3,(H,33,34)/t23-,24+,25+,26-,27?,29-,31-,32+/m1/s1. The van der Waals surface area contributed by atoms with Crippen molar-refractivity contribution in [3.8, 4) is 0 Å². The molecule has 4 fully saturated rings. The molecular formula is C32H40NO4P. The Bertz CT molecular complexity index is 1220. The van der Waals surface area contributed by atoms with Gasteiger partial charge in [-0.05, 0) is 67.1 Å². The van der Waals surface area contributed by atoms with Crippen molar-refractivity contribution in [1.29, 1.82) is 0 Å². The van der Waals surface area contributed by atoms with Crippen LogP contribution in [0.5, 0.6) is 0 Å². The first-order valence-corrected chi connectivity index (χ1v) is 16.1. The molecule has 0 aromatic heterocycles. The number of fused-ring (bicyclic) bond motifs is 5. The molecule has 3 saturated carbocycles. The molecule has 8 atom stereocenters. The minimum atomic E-state index is -3.17. The van der Waals surface area contributed by atoms with Crippen LogP contribution < -0.4 is 15.9 Å². The summed E-state index contributed by atoms with van der Waals surface area (Å²) in [7, 11) is -1.69. The number of rotatable bonds is 4. The summed E-state index contributed by atoms with van der Waals surface area (Å²) in [4.78, 5) is 25.9. The third-order valence-corrected chi connectivity index (χ3v) is 14.9. The normalized spacial score (nSPS) is 38.3. The molecule has 6 rings (SSSR count). The Hall–Kier alpha value is -2.39. The van der Waals surface area contributed by atoms with E-state index in [0.29, 0.717) is 24.2 Å². The zero-order valence-electron chi connectivity index (χ0n) is 22.8. The van der Waals surface area contributed by atoms with Crippen molar-refractivity contribution in [1.82, 2.24) is 5.32 Å². The monoisotopic (exact) mass is 533 g/mol. The van der Waals surface area contributed by atoms with Crippen molar-refractivity contribution in [3.63, 3.8) is 0 Å². The SMILES string of the molecule is COC(=O)[C@H]1[C@H](P(=O)(c2ccccc2)c2ccccc2)C[C@H]2[C@@H]3CCC4NC(=O)CC[C@]4(C)[C@H]3CC[C@@]21C. The van der Waals surface area contributed by atoms with Gasteiger partial charge >= 0.3 is 5.97 Å². The average Bonchev–Trinajstić information content (AvgIpc) is 3.27. The van der Waals surface area contributed by atoms with Crippen LogP contribution in [-0.2, 0) is 18.9 Å². The first kappa shape index (κ1) is 25.9. The Kier molecular flexibility index (Phi) is 6.37. The van der Waals surface area contributed by atoms with Gasteiger partial charge < -0.3 is 14.6 Å². The van der Waals surface area contributed by atoms with Crippen molar-refractivity contribution >= 4 is 29.6 Å². The lowest BCUT2D eigenvalue weighted by molar-refractivity contribution is -0.155. The number of ether oxygens (including phenoxy) is 1. The molecule has 1 saturated heterocycles. The predicted molar refractivity (Wildman–Crippen MR) is 150 cm³/mol. The molecule has 0 radical (unpaired) electrons. The molecule has 1 aliphatic heterocycles. The molecule has 1 heterocycles. The summed E-state index contributed by atoms with van der Waals surface area (Å²) in [5, 5.41) is 4.97. The molecule has 0 spiro atoms. The lowest BCUT2D eigenvalue weighted by Gasteiger charge is -2.60. The number of carbonyl (C=O) groups excluding carboxylic acids is 2. The van der Waals surface area contributed by atoms with Crippen LogP contribution in [-0.4, -0.2) is 30.7 Å². The fourth-order valence-corrected chi connectivity index (χ4v) is 13.2. The second kappa shape index (κ2) is 9.37. The molecule has 1 N–H and O–H groups in total. The van der Waals surface area contributed by atoms with Crippen molar-refractivity contribution in [2.75, 3.05) is 7.11 Å². The van der Waals surface area contributed by atoms with E-state index >= 15 is 4.57 Å². The van der Waals surface area contributed by atoms with E-state index < -0.39 is 13.1 Å². The van der Waals surface area contributed by atoms with Crippen molar-refractivity contribution in [2.24, 2.45) is 34.5 Å². The Morgan fingerprint density at radius 2 is 1.53 bits per heavy atom. The van der Waals surface area contributed by atoms with Crippen LogP contribution in [0.15, 0.2) is 60.7 Å². The van der Waals surface area contributed by atoms with E-state index in [-0.39, 0.29) is 34.4 Å². The number of methoxy groups -OCH3 is 1. The Morgan fingerprint density at radius 1 is 0.895 bits per heavy atom. The topological polar surface area (TPSA) is 72.5 Å². The van der Waals surface area contributed by atoms with Crippen LogP contribution in [0.1, 0.15) is 58.8 Å². The zero-order chi connectivity index (χ0) is 26.7. The number of amides is 1. The van der Waals surface area contributed by atoms with E-state index in [1.54, 1.807) is 0 Å². The molecule has 1 amide bonds. The summed E-state index contributed by atoms with van der Waals surface area (Å²) in [6.45, 7) is 4.67. The maximum atomic E-state index is 15.6. The third kappa shape index (κ3) is 3.68. The van der Waals surface area contributed by atoms with Gasteiger partial charge in [0, 0.05) is 28.7 Å². The van der Waals surface area contributed by atoms with Crippen LogP contribution in [0.4, 0.5) is 0 Å². The van der Waals surface area contributed by atoms with E-state index in [0.717, 1.165) is 49.1 Å². The maximum absolute atomic E-state index is 15.6. The van der Waals surface area contributed by atoms with Crippen LogP contribution in [0.25, 0.3) is 0 Å². The van der Waals surface area contributed by atoms with Crippen molar-refractivity contribution in [3.05, 3.63) is 60.7 Å². The zero-order valence-corrected chi connectivity index (χ0v) is 23.7. The predicted octanol–water partition coefficient (Wildman–Crippen LogP) is 5.29. The van der Waals surface area contributed by atoms with E-state index in [2.05, 4.69) is 19.2 Å². The van der Waals surface area contributed by atoms with Gasteiger partial charge in [0.2, 0.25) is 5.91 Å². The molecule has 0 bridgehead atoms. The Morgan fingerprint density at radius 3 is 2.13 bits per heavy atom. The van der Waals surface area contributed by atoms with Gasteiger partial charge in [-0.25, -0.2) is 0 Å². The average molecular weight is 534 g/mol. The molecule has 6 heteroatoms. The second-order valence-electron chi connectivity index (χ2n) is 12.8. The van der Waals surface area contributed by atoms with Gasteiger partial charge in [-0.3, -0.25) is 9.59 Å². The highest BCUT2D eigenvalue weighted by molar-refractivity contribution is 7.79. The van der Waals surface area contributed by atoms with Crippen LogP contribution in [0, 0.1) is 34.5 Å². The number of carbonyl (C=O) groups is 2. The molecule has 202 valence electrons. The van der Waals surface area contributed by atoms with Gasteiger partial charge in [-0.15, -0.1) is 0 Å². The minimum Gasteiger partial charge on any atom is -0.469 e. The Balaban J connectivity index is 1.46. The van der Waals surface area contributed by atoms with Gasteiger partial charge in [0.1, 0.15) is 7.14 Å². The number of piperidine rings is 1. The molecule has 1 unspecified atom stereocenters. The van der Waals surface area contributed by atoms with Gasteiger partial charge in [-0.1, -0.05) is 74.5 Å². The summed E-state index contributed by atoms with van der Waals surface area (Å²) in [5.41, 5.74) is -0.483. The first-order chi connectivity index (χ1) is 18.2. The lowest BCUT2D eigenvalue weighted by Crippen LogP contribution is -2.61. The molecule has 4 aliphatic rings. The fourth-order valence-electron chi connectivity index (χ4n) is 9.46. The third-order valence-electron chi connectivity index (χ3n) is 11.3. The molecule has 2 aromatic rings. The van der Waals surface area contributed by atoms with Gasteiger partial charge in [0.25, 0.3) is 0 Å². The highest BCUT2D eigenvalue weighted by atomic mass is 31.2. The van der Waals surface area contributed by atoms with Gasteiger partial charge in [-0.2, -0.15) is 0 Å². The van der Waals surface area contributed by atoms with E-state index in [1.165, 1.54) is 7.11 Å². The molecule has 38 heavy (non-hydrogen) atoms. The highest BCUT2D eigenvalue weighted by Crippen LogP contribution is 2.71. The summed E-state index contributed by atoms with van der Waals surface area (Å²) >= 11 is 0. The summed E-state index contributed by atoms with van der Waals surface area (Å²) < 4.78 is 21.1. The van der Waals surface area contributed by atoms with Gasteiger partial charge in [0.15, 0.2) is 0 Å². The summed E-state index contributed by atoms with van der Waals surface area (Å²) in [6.07, 6.45) is 6.31. The number of benzene rings is 2. The number of esters is 1. The van der Waals surface area contributed by atoms with E-state index in [9.17, 15) is 9.59 Å². The lowest BCUT2D eigenvalue weighted by atomic mass is 9.47. The largest absolute Gasteiger partial charge is 0.469 e. The number of nitrogens with one attached hydrogen (secondary N) is 1. The van der Waals surface area contributed by atoms with Crippen LogP contribution in [0.2, 0.25) is 0 Å². The van der Waals surface area contributed by atoms with E-state index in [4.69, 9.17) is 4.74 Å². The van der Waals surface area contributed by atoms with Crippen LogP contribution >= 0.6 is 7.14 Å². The quantitative estimate of drug-likeness (QED) is 0.428. The van der Waals surface area contributed by atoms with Gasteiger partial charge in [0.05, 0.1) is 13.0 Å². The van der Waals surface area contributed by atoms with Crippen molar-refractivity contribution < 1.29 is 18.9 Å². The summed E-state index contributed by atoms with van der Waals surface area (Å²) in [5.74, 6) is 0.819.